The lowest BCUT2D eigenvalue weighted by Gasteiger charge is -2.22. The van der Waals surface area contributed by atoms with Gasteiger partial charge in [0.2, 0.25) is 5.91 Å². The zero-order valence-electron chi connectivity index (χ0n) is 54.1. The van der Waals surface area contributed by atoms with Crippen molar-refractivity contribution in [1.82, 2.24) is 5.32 Å². The molecule has 472 valence electrons. The van der Waals surface area contributed by atoms with Crippen LogP contribution in [0.15, 0.2) is 36.5 Å². The van der Waals surface area contributed by atoms with E-state index in [0.717, 1.165) is 51.4 Å². The standard InChI is InChI=1S/C74H141NO5/c1-3-5-7-9-11-13-15-42-46-50-54-58-62-66-72(77)71(70-76)75-73(78)67-63-59-55-51-47-44-40-38-36-34-32-30-28-26-24-22-20-18-17-19-21-23-25-27-29-31-33-35-37-39-41-45-49-53-57-61-65-69-80-74(79)68-64-60-56-52-48-43-16-14-12-10-8-6-4-2/h14,16-17,19,23,25,71-72,76-77H,3-13,15,18,20-22,24,26-70H2,1-2H3,(H,75,78)/b16-14-,19-17-,25-23-. The summed E-state index contributed by atoms with van der Waals surface area (Å²) in [6, 6.07) is -0.538. The Hall–Kier alpha value is -1.92. The number of allylic oxidation sites excluding steroid dienone is 6. The highest BCUT2D eigenvalue weighted by molar-refractivity contribution is 5.76. The van der Waals surface area contributed by atoms with Gasteiger partial charge in [0, 0.05) is 12.8 Å². The van der Waals surface area contributed by atoms with Gasteiger partial charge >= 0.3 is 5.97 Å². The zero-order valence-corrected chi connectivity index (χ0v) is 54.1. The van der Waals surface area contributed by atoms with Crippen molar-refractivity contribution in [2.24, 2.45) is 0 Å². The molecule has 0 aliphatic carbocycles. The second-order valence-electron chi connectivity index (χ2n) is 24.9. The summed E-state index contributed by atoms with van der Waals surface area (Å²) in [5, 5.41) is 23.3. The topological polar surface area (TPSA) is 95.9 Å². The van der Waals surface area contributed by atoms with Gasteiger partial charge in [0.15, 0.2) is 0 Å². The first-order chi connectivity index (χ1) is 39.5. The summed E-state index contributed by atoms with van der Waals surface area (Å²) in [6.45, 7) is 4.96. The van der Waals surface area contributed by atoms with Crippen molar-refractivity contribution in [3.05, 3.63) is 36.5 Å². The summed E-state index contributed by atoms with van der Waals surface area (Å²) < 4.78 is 5.48. The largest absolute Gasteiger partial charge is 0.466 e. The summed E-state index contributed by atoms with van der Waals surface area (Å²) in [5.74, 6) is -0.0206. The number of rotatable bonds is 68. The summed E-state index contributed by atoms with van der Waals surface area (Å²) in [5.41, 5.74) is 0. The summed E-state index contributed by atoms with van der Waals surface area (Å²) in [6.07, 6.45) is 89.3. The Morgan fingerprint density at radius 2 is 0.625 bits per heavy atom. The van der Waals surface area contributed by atoms with Crippen molar-refractivity contribution < 1.29 is 24.5 Å². The van der Waals surface area contributed by atoms with Crippen LogP contribution in [0.4, 0.5) is 0 Å². The van der Waals surface area contributed by atoms with Gasteiger partial charge in [0.1, 0.15) is 0 Å². The number of aliphatic hydroxyl groups excluding tert-OH is 2. The van der Waals surface area contributed by atoms with Gasteiger partial charge in [0.05, 0.1) is 25.4 Å². The molecule has 2 unspecified atom stereocenters. The molecule has 1 amide bonds. The number of esters is 1. The highest BCUT2D eigenvalue weighted by Gasteiger charge is 2.20. The monoisotopic (exact) mass is 1120 g/mol. The van der Waals surface area contributed by atoms with Gasteiger partial charge in [-0.25, -0.2) is 0 Å². The number of ether oxygens (including phenoxy) is 1. The predicted molar refractivity (Wildman–Crippen MR) is 352 cm³/mol. The van der Waals surface area contributed by atoms with E-state index in [1.165, 1.54) is 315 Å². The highest BCUT2D eigenvalue weighted by atomic mass is 16.5. The molecule has 0 saturated heterocycles. The fourth-order valence-electron chi connectivity index (χ4n) is 11.4. The smallest absolute Gasteiger partial charge is 0.305 e. The molecule has 0 heterocycles. The minimum Gasteiger partial charge on any atom is -0.466 e. The van der Waals surface area contributed by atoms with E-state index in [1.807, 2.05) is 0 Å². The van der Waals surface area contributed by atoms with Gasteiger partial charge in [-0.2, -0.15) is 0 Å². The number of carbonyl (C=O) groups is 2. The Morgan fingerprint density at radius 3 is 0.975 bits per heavy atom. The molecule has 0 fully saturated rings. The predicted octanol–water partition coefficient (Wildman–Crippen LogP) is 23.5. The van der Waals surface area contributed by atoms with E-state index in [1.54, 1.807) is 0 Å². The van der Waals surface area contributed by atoms with Crippen LogP contribution in [0.25, 0.3) is 0 Å². The van der Waals surface area contributed by atoms with E-state index in [0.29, 0.717) is 25.9 Å². The summed E-state index contributed by atoms with van der Waals surface area (Å²) in [7, 11) is 0. The maximum Gasteiger partial charge on any atom is 0.305 e. The number of hydrogen-bond donors (Lipinski definition) is 3. The summed E-state index contributed by atoms with van der Waals surface area (Å²) >= 11 is 0. The molecule has 2 atom stereocenters. The first kappa shape index (κ1) is 78.1. The second-order valence-corrected chi connectivity index (χ2v) is 24.9. The fourth-order valence-corrected chi connectivity index (χ4v) is 11.4. The van der Waals surface area contributed by atoms with Crippen molar-refractivity contribution in [2.45, 2.75) is 411 Å². The van der Waals surface area contributed by atoms with Crippen LogP contribution >= 0.6 is 0 Å². The first-order valence-electron chi connectivity index (χ1n) is 36.2. The molecule has 0 aromatic rings. The third-order valence-corrected chi connectivity index (χ3v) is 16.9. The minimum absolute atomic E-state index is 0.00973. The number of hydrogen-bond acceptors (Lipinski definition) is 5. The van der Waals surface area contributed by atoms with Crippen molar-refractivity contribution in [2.75, 3.05) is 13.2 Å². The highest BCUT2D eigenvalue weighted by Crippen LogP contribution is 2.19. The van der Waals surface area contributed by atoms with E-state index in [-0.39, 0.29) is 18.5 Å². The third kappa shape index (κ3) is 65.2. The number of aliphatic hydroxyl groups is 2. The van der Waals surface area contributed by atoms with Crippen LogP contribution in [0, 0.1) is 0 Å². The summed E-state index contributed by atoms with van der Waals surface area (Å²) in [4.78, 5) is 24.5. The van der Waals surface area contributed by atoms with Crippen molar-refractivity contribution in [3.63, 3.8) is 0 Å². The normalized spacial score (nSPS) is 12.7. The number of amides is 1. The molecular weight excluding hydrogens is 983 g/mol. The van der Waals surface area contributed by atoms with Crippen LogP contribution in [0.1, 0.15) is 399 Å². The Bertz CT molecular complexity index is 1300. The Kier molecular flexibility index (Phi) is 67.9. The lowest BCUT2D eigenvalue weighted by molar-refractivity contribution is -0.143. The second kappa shape index (κ2) is 69.6. The van der Waals surface area contributed by atoms with Crippen molar-refractivity contribution >= 4 is 11.9 Å². The van der Waals surface area contributed by atoms with Crippen LogP contribution in [0.3, 0.4) is 0 Å². The molecule has 0 bridgehead atoms. The first-order valence-corrected chi connectivity index (χ1v) is 36.2. The molecule has 0 spiro atoms. The maximum absolute atomic E-state index is 12.5. The molecule has 0 radical (unpaired) electrons. The Morgan fingerprint density at radius 1 is 0.350 bits per heavy atom. The van der Waals surface area contributed by atoms with E-state index < -0.39 is 12.1 Å². The van der Waals surface area contributed by atoms with Gasteiger partial charge in [-0.15, -0.1) is 0 Å². The number of nitrogens with one attached hydrogen (secondary N) is 1. The van der Waals surface area contributed by atoms with Gasteiger partial charge in [0.25, 0.3) is 0 Å². The molecule has 0 saturated carbocycles. The molecule has 6 heteroatoms. The van der Waals surface area contributed by atoms with Crippen molar-refractivity contribution in [3.8, 4) is 0 Å². The Balaban J connectivity index is 3.35. The van der Waals surface area contributed by atoms with E-state index >= 15 is 0 Å². The minimum atomic E-state index is -0.661. The maximum atomic E-state index is 12.5. The van der Waals surface area contributed by atoms with Crippen LogP contribution in [0.5, 0.6) is 0 Å². The number of carbonyl (C=O) groups excluding carboxylic acids is 2. The van der Waals surface area contributed by atoms with Gasteiger partial charge < -0.3 is 20.3 Å². The quantitative estimate of drug-likeness (QED) is 0.0320. The van der Waals surface area contributed by atoms with Crippen LogP contribution in [-0.2, 0) is 14.3 Å². The molecule has 0 aliphatic heterocycles. The molecule has 0 aliphatic rings. The van der Waals surface area contributed by atoms with Crippen molar-refractivity contribution in [1.29, 1.82) is 0 Å². The average molecular weight is 1120 g/mol. The van der Waals surface area contributed by atoms with Gasteiger partial charge in [-0.1, -0.05) is 339 Å². The Labute approximate surface area is 500 Å². The fraction of sp³-hybridized carbons (Fsp3) is 0.892. The van der Waals surface area contributed by atoms with Gasteiger partial charge in [-0.05, 0) is 83.5 Å². The lowest BCUT2D eigenvalue weighted by Crippen LogP contribution is -2.45. The van der Waals surface area contributed by atoms with E-state index in [2.05, 4.69) is 55.6 Å². The molecule has 6 nitrogen and oxygen atoms in total. The molecule has 0 rings (SSSR count). The third-order valence-electron chi connectivity index (χ3n) is 16.9. The van der Waals surface area contributed by atoms with Crippen LogP contribution in [-0.4, -0.2) is 47.4 Å². The SMILES string of the molecule is CCCCCC/C=C\CCCCCCCC(=O)OCCCCCCCCCCCCCCC/C=C\C/C=C\CCCCCCCCCCCCCCCCCCCC(=O)NC(CO)C(O)CCCCCCCCCCCCCCC. The molecular formula is C74H141NO5. The van der Waals surface area contributed by atoms with Crippen LogP contribution < -0.4 is 5.32 Å². The molecule has 80 heavy (non-hydrogen) atoms. The van der Waals surface area contributed by atoms with Gasteiger partial charge in [-0.3, -0.25) is 9.59 Å². The number of unbranched alkanes of at least 4 members (excludes halogenated alkanes) is 51. The van der Waals surface area contributed by atoms with E-state index in [9.17, 15) is 19.8 Å². The zero-order chi connectivity index (χ0) is 57.8. The lowest BCUT2D eigenvalue weighted by atomic mass is 10.0. The molecule has 0 aromatic carbocycles. The molecule has 3 N–H and O–H groups in total. The molecule has 0 aromatic heterocycles. The van der Waals surface area contributed by atoms with E-state index in [4.69, 9.17) is 4.74 Å². The van der Waals surface area contributed by atoms with Crippen LogP contribution in [0.2, 0.25) is 0 Å². The average Bonchev–Trinajstić information content (AvgIpc) is 3.46.